The number of urea groups is 1. The summed E-state index contributed by atoms with van der Waals surface area (Å²) in [5, 5.41) is 6.30. The van der Waals surface area contributed by atoms with Crippen molar-refractivity contribution in [2.75, 3.05) is 23.7 Å². The van der Waals surface area contributed by atoms with E-state index in [1.807, 2.05) is 18.2 Å². The number of amidine groups is 1. The highest BCUT2D eigenvalue weighted by atomic mass is 35.5. The van der Waals surface area contributed by atoms with Gasteiger partial charge in [0.05, 0.1) is 23.8 Å². The molecule has 0 saturated heterocycles. The minimum Gasteiger partial charge on any atom is -0.308 e. The van der Waals surface area contributed by atoms with Gasteiger partial charge in [0.25, 0.3) is 0 Å². The van der Waals surface area contributed by atoms with Crippen molar-refractivity contribution in [2.45, 2.75) is 0 Å². The van der Waals surface area contributed by atoms with Gasteiger partial charge in [-0.1, -0.05) is 35.3 Å². The highest BCUT2D eigenvalue weighted by Gasteiger charge is 2.17. The zero-order valence-corrected chi connectivity index (χ0v) is 14.7. The second-order valence-corrected chi connectivity index (χ2v) is 6.33. The molecule has 0 atom stereocenters. The molecule has 2 amide bonds. The quantitative estimate of drug-likeness (QED) is 0.744. The van der Waals surface area contributed by atoms with Crippen LogP contribution >= 0.6 is 35.0 Å². The molecule has 0 aromatic heterocycles. The Labute approximate surface area is 154 Å². The van der Waals surface area contributed by atoms with Crippen molar-refractivity contribution in [1.29, 1.82) is 0 Å². The lowest BCUT2D eigenvalue weighted by molar-refractivity contribution is 0.262. The third kappa shape index (κ3) is 3.93. The maximum atomic E-state index is 12.1. The minimum atomic E-state index is -0.410. The molecule has 1 heterocycles. The number of anilines is 2. The molecule has 1 aliphatic heterocycles. The fourth-order valence-electron chi connectivity index (χ4n) is 2.27. The maximum absolute atomic E-state index is 12.1. The van der Waals surface area contributed by atoms with Gasteiger partial charge in [-0.15, -0.1) is 0 Å². The van der Waals surface area contributed by atoms with Gasteiger partial charge in [-0.3, -0.25) is 9.41 Å². The summed E-state index contributed by atoms with van der Waals surface area (Å²) < 4.78 is 1.56. The van der Waals surface area contributed by atoms with E-state index in [-0.39, 0.29) is 0 Å². The van der Waals surface area contributed by atoms with Crippen LogP contribution in [-0.4, -0.2) is 29.4 Å². The number of nitrogens with zero attached hydrogens (tertiary/aromatic N) is 2. The van der Waals surface area contributed by atoms with Crippen LogP contribution in [0.3, 0.4) is 0 Å². The highest BCUT2D eigenvalue weighted by Crippen LogP contribution is 2.25. The van der Waals surface area contributed by atoms with Crippen LogP contribution < -0.4 is 10.6 Å². The molecule has 1 aliphatic rings. The van der Waals surface area contributed by atoms with Crippen molar-refractivity contribution in [1.82, 2.24) is 4.42 Å². The van der Waals surface area contributed by atoms with E-state index in [1.165, 1.54) is 0 Å². The van der Waals surface area contributed by atoms with E-state index < -0.39 is 6.03 Å². The molecular weight excluding hydrogens is 371 g/mol. The summed E-state index contributed by atoms with van der Waals surface area (Å²) >= 11 is 18.0. The predicted octanol–water partition coefficient (Wildman–Crippen LogP) is 4.85. The third-order valence-corrected chi connectivity index (χ3v) is 4.22. The molecule has 0 fully saturated rings. The van der Waals surface area contributed by atoms with Crippen LogP contribution in [0.4, 0.5) is 16.2 Å². The van der Waals surface area contributed by atoms with E-state index in [1.54, 1.807) is 28.7 Å². The van der Waals surface area contributed by atoms with E-state index in [4.69, 9.17) is 35.0 Å². The van der Waals surface area contributed by atoms with Crippen molar-refractivity contribution >= 4 is 58.2 Å². The average molecular weight is 384 g/mol. The Morgan fingerprint density at radius 2 is 1.96 bits per heavy atom. The Morgan fingerprint density at radius 1 is 1.12 bits per heavy atom. The van der Waals surface area contributed by atoms with Crippen molar-refractivity contribution in [2.24, 2.45) is 4.99 Å². The van der Waals surface area contributed by atoms with Crippen LogP contribution in [0.15, 0.2) is 47.5 Å². The van der Waals surface area contributed by atoms with Crippen LogP contribution in [0, 0.1) is 0 Å². The average Bonchev–Trinajstić information content (AvgIpc) is 2.96. The normalized spacial score (nSPS) is 13.6. The van der Waals surface area contributed by atoms with Crippen LogP contribution in [0.1, 0.15) is 5.56 Å². The summed E-state index contributed by atoms with van der Waals surface area (Å²) in [6.45, 7) is 1.33. The molecule has 2 aromatic rings. The molecular formula is C16H13Cl3N4O. The molecule has 0 spiro atoms. The summed E-state index contributed by atoms with van der Waals surface area (Å²) in [5.41, 5.74) is 1.93. The van der Waals surface area contributed by atoms with Gasteiger partial charge in [0.1, 0.15) is 5.84 Å². The Kier molecular flexibility index (Phi) is 5.14. The molecule has 2 N–H and O–H groups in total. The van der Waals surface area contributed by atoms with Crippen LogP contribution in [0.5, 0.6) is 0 Å². The number of rotatable bonds is 3. The summed E-state index contributed by atoms with van der Waals surface area (Å²) in [6.07, 6.45) is 0. The van der Waals surface area contributed by atoms with E-state index in [0.29, 0.717) is 40.3 Å². The molecule has 8 heteroatoms. The maximum Gasteiger partial charge on any atom is 0.323 e. The lowest BCUT2D eigenvalue weighted by atomic mass is 10.2. The number of amides is 2. The third-order valence-electron chi connectivity index (χ3n) is 3.35. The van der Waals surface area contributed by atoms with E-state index >= 15 is 0 Å². The molecule has 2 aromatic carbocycles. The Balaban J connectivity index is 1.70. The second kappa shape index (κ2) is 7.30. The molecule has 0 radical (unpaired) electrons. The first-order valence-electron chi connectivity index (χ1n) is 7.14. The molecule has 0 bridgehead atoms. The van der Waals surface area contributed by atoms with Crippen molar-refractivity contribution in [3.8, 4) is 0 Å². The number of halogens is 3. The first-order chi connectivity index (χ1) is 11.5. The lowest BCUT2D eigenvalue weighted by Crippen LogP contribution is -2.21. The number of benzene rings is 2. The smallest absolute Gasteiger partial charge is 0.308 e. The Morgan fingerprint density at radius 3 is 2.67 bits per heavy atom. The predicted molar refractivity (Wildman–Crippen MR) is 99.5 cm³/mol. The zero-order chi connectivity index (χ0) is 17.1. The van der Waals surface area contributed by atoms with E-state index in [9.17, 15) is 4.79 Å². The van der Waals surface area contributed by atoms with Crippen LogP contribution in [0.2, 0.25) is 10.0 Å². The molecule has 0 saturated carbocycles. The van der Waals surface area contributed by atoms with Crippen molar-refractivity contribution in [3.05, 3.63) is 58.1 Å². The number of hydrogen-bond acceptors (Lipinski definition) is 3. The molecule has 24 heavy (non-hydrogen) atoms. The monoisotopic (exact) mass is 382 g/mol. The van der Waals surface area contributed by atoms with Gasteiger partial charge in [0.2, 0.25) is 0 Å². The first kappa shape index (κ1) is 16.9. The van der Waals surface area contributed by atoms with Gasteiger partial charge in [-0.2, -0.15) is 0 Å². The standard InChI is InChI=1S/C16H13Cl3N4O/c17-11-4-5-14(13(18)9-11)22-16(24)21-12-3-1-2-10(8-12)15-20-6-7-23(15)19/h1-5,8-9H,6-7H2,(H2,21,22,24). The highest BCUT2D eigenvalue weighted by molar-refractivity contribution is 6.36. The number of hydrogen-bond donors (Lipinski definition) is 2. The summed E-state index contributed by atoms with van der Waals surface area (Å²) in [7, 11) is 0. The SMILES string of the molecule is O=C(Nc1cccc(C2=NCCN2Cl)c1)Nc1ccc(Cl)cc1Cl. The summed E-state index contributed by atoms with van der Waals surface area (Å²) in [4.78, 5) is 16.5. The number of aliphatic imine (C=N–C) groups is 1. The van der Waals surface area contributed by atoms with E-state index in [2.05, 4.69) is 15.6 Å². The lowest BCUT2D eigenvalue weighted by Gasteiger charge is -2.13. The van der Waals surface area contributed by atoms with Gasteiger partial charge < -0.3 is 10.6 Å². The molecule has 0 unspecified atom stereocenters. The van der Waals surface area contributed by atoms with E-state index in [0.717, 1.165) is 5.56 Å². The molecule has 0 aliphatic carbocycles. The number of carbonyl (C=O) groups is 1. The molecule has 5 nitrogen and oxygen atoms in total. The number of carbonyl (C=O) groups excluding carboxylic acids is 1. The second-order valence-electron chi connectivity index (χ2n) is 5.08. The fraction of sp³-hybridized carbons (Fsp3) is 0.125. The first-order valence-corrected chi connectivity index (χ1v) is 8.23. The number of nitrogens with one attached hydrogen (secondary N) is 2. The molecule has 124 valence electrons. The van der Waals surface area contributed by atoms with Crippen LogP contribution in [0.25, 0.3) is 0 Å². The van der Waals surface area contributed by atoms with Gasteiger partial charge in [0, 0.05) is 28.1 Å². The van der Waals surface area contributed by atoms with Gasteiger partial charge >= 0.3 is 6.03 Å². The van der Waals surface area contributed by atoms with Crippen molar-refractivity contribution in [3.63, 3.8) is 0 Å². The van der Waals surface area contributed by atoms with Crippen molar-refractivity contribution < 1.29 is 4.79 Å². The topological polar surface area (TPSA) is 56.7 Å². The fourth-order valence-corrected chi connectivity index (χ4v) is 2.95. The summed E-state index contributed by atoms with van der Waals surface area (Å²) in [5.74, 6) is 0.696. The zero-order valence-electron chi connectivity index (χ0n) is 12.4. The summed E-state index contributed by atoms with van der Waals surface area (Å²) in [6, 6.07) is 11.7. The van der Waals surface area contributed by atoms with Gasteiger partial charge in [-0.05, 0) is 30.3 Å². The largest absolute Gasteiger partial charge is 0.323 e. The minimum absolute atomic E-state index is 0.365. The molecule has 3 rings (SSSR count). The van der Waals surface area contributed by atoms with Gasteiger partial charge in [0.15, 0.2) is 0 Å². The Bertz CT molecular complexity index is 810. The van der Waals surface area contributed by atoms with Gasteiger partial charge in [-0.25, -0.2) is 4.79 Å². The van der Waals surface area contributed by atoms with Crippen LogP contribution in [-0.2, 0) is 0 Å². The Hall–Kier alpha value is -1.95.